The number of aliphatic hydroxyl groups is 2. The third-order valence-corrected chi connectivity index (χ3v) is 11.5. The zero-order chi connectivity index (χ0) is 25.1. The topological polar surface area (TPSA) is 58.9 Å². The second-order valence-corrected chi connectivity index (χ2v) is 14.0. The van der Waals surface area contributed by atoms with Gasteiger partial charge in [-0.15, -0.1) is 11.5 Å². The minimum Gasteiger partial charge on any atom is -0.487 e. The quantitative estimate of drug-likeness (QED) is 0.241. The zero-order valence-corrected chi connectivity index (χ0v) is 22.2. The van der Waals surface area contributed by atoms with Gasteiger partial charge in [-0.3, -0.25) is 0 Å². The lowest BCUT2D eigenvalue weighted by molar-refractivity contribution is 0.0951. The first kappa shape index (κ1) is 26.8. The molecule has 186 valence electrons. The maximum Gasteiger partial charge on any atom is 0.161 e. The molecule has 0 saturated heterocycles. The minimum atomic E-state index is -1.50. The van der Waals surface area contributed by atoms with Crippen molar-refractivity contribution in [2.75, 3.05) is 13.2 Å². The van der Waals surface area contributed by atoms with Crippen molar-refractivity contribution in [3.05, 3.63) is 72.3 Å². The lowest BCUT2D eigenvalue weighted by Crippen LogP contribution is -2.29. The molecule has 2 N–H and O–H groups in total. The molecule has 0 spiro atoms. The third kappa shape index (κ3) is 7.86. The monoisotopic (exact) mass is 490 g/mol. The summed E-state index contributed by atoms with van der Waals surface area (Å²) in [6.07, 6.45) is -0.400. The van der Waals surface area contributed by atoms with Crippen molar-refractivity contribution in [1.29, 1.82) is 0 Å². The number of rotatable bonds is 12. The van der Waals surface area contributed by atoms with E-state index in [1.54, 1.807) is 0 Å². The fourth-order valence-electron chi connectivity index (χ4n) is 4.19. The van der Waals surface area contributed by atoms with Gasteiger partial charge in [-0.05, 0) is 46.6 Å². The van der Waals surface area contributed by atoms with E-state index in [-0.39, 0.29) is 13.2 Å². The van der Waals surface area contributed by atoms with E-state index in [0.29, 0.717) is 24.3 Å². The number of aliphatic hydroxyl groups excluding tert-OH is 2. The lowest BCUT2D eigenvalue weighted by Gasteiger charge is -2.20. The van der Waals surface area contributed by atoms with Crippen LogP contribution < -0.4 is 9.47 Å². The molecule has 0 aromatic heterocycles. The summed E-state index contributed by atoms with van der Waals surface area (Å²) in [6.45, 7) is 6.97. The number of ether oxygens (including phenoxy) is 2. The highest BCUT2D eigenvalue weighted by molar-refractivity contribution is 6.87. The molecule has 0 aliphatic heterocycles. The van der Waals surface area contributed by atoms with Crippen LogP contribution in [0.5, 0.6) is 11.5 Å². The van der Waals surface area contributed by atoms with Gasteiger partial charge >= 0.3 is 0 Å². The van der Waals surface area contributed by atoms with Gasteiger partial charge in [0.2, 0.25) is 0 Å². The standard InChI is InChI=1S/C30H38O4Si/c1-4-35(5-2,6-3)19-11-14-27(31)22-33-29-15-9-10-16-30(29)34-23-28(32)21-24-17-18-25-12-7-8-13-26(25)20-24/h7-10,12-13,15-18,20,27-28,31-32H,4-6,14,21-23H2,1-3H3. The molecule has 3 aromatic rings. The molecule has 5 heteroatoms. The highest BCUT2D eigenvalue weighted by Crippen LogP contribution is 2.27. The van der Waals surface area contributed by atoms with E-state index in [1.807, 2.05) is 42.5 Å². The first-order valence-electron chi connectivity index (χ1n) is 12.7. The summed E-state index contributed by atoms with van der Waals surface area (Å²) in [5, 5.41) is 23.3. The van der Waals surface area contributed by atoms with E-state index in [2.05, 4.69) is 56.5 Å². The van der Waals surface area contributed by atoms with E-state index >= 15 is 0 Å². The first-order chi connectivity index (χ1) is 17.0. The molecule has 0 fully saturated rings. The Hall–Kier alpha value is -2.78. The van der Waals surface area contributed by atoms with Crippen molar-refractivity contribution >= 4 is 18.8 Å². The Morgan fingerprint density at radius 2 is 1.31 bits per heavy atom. The molecule has 0 aliphatic carbocycles. The Kier molecular flexibility index (Phi) is 10.2. The van der Waals surface area contributed by atoms with Crippen LogP contribution >= 0.6 is 0 Å². The summed E-state index contributed by atoms with van der Waals surface area (Å²) in [7, 11) is -1.50. The Labute approximate surface area is 210 Å². The van der Waals surface area contributed by atoms with Crippen LogP contribution in [0.3, 0.4) is 0 Å². The molecule has 0 amide bonds. The predicted octanol–water partition coefficient (Wildman–Crippen LogP) is 6.00. The van der Waals surface area contributed by atoms with E-state index in [9.17, 15) is 10.2 Å². The van der Waals surface area contributed by atoms with Crippen molar-refractivity contribution in [2.45, 2.75) is 64.0 Å². The van der Waals surface area contributed by atoms with Gasteiger partial charge in [0.05, 0.1) is 12.2 Å². The van der Waals surface area contributed by atoms with Crippen molar-refractivity contribution in [1.82, 2.24) is 0 Å². The van der Waals surface area contributed by atoms with Crippen molar-refractivity contribution in [2.24, 2.45) is 0 Å². The van der Waals surface area contributed by atoms with Crippen LogP contribution in [0, 0.1) is 11.5 Å². The maximum absolute atomic E-state index is 10.6. The number of hydrogen-bond donors (Lipinski definition) is 2. The van der Waals surface area contributed by atoms with Crippen LogP contribution in [0.4, 0.5) is 0 Å². The normalized spacial score (nSPS) is 13.1. The first-order valence-corrected chi connectivity index (χ1v) is 15.3. The largest absolute Gasteiger partial charge is 0.487 e. The average Bonchev–Trinajstić information content (AvgIpc) is 2.89. The molecule has 0 bridgehead atoms. The maximum atomic E-state index is 10.6. The van der Waals surface area contributed by atoms with Gasteiger partial charge in [-0.2, -0.15) is 0 Å². The van der Waals surface area contributed by atoms with Crippen LogP contribution in [0.2, 0.25) is 18.1 Å². The van der Waals surface area contributed by atoms with Gasteiger partial charge in [0.25, 0.3) is 0 Å². The minimum absolute atomic E-state index is 0.146. The lowest BCUT2D eigenvalue weighted by atomic mass is 10.0. The van der Waals surface area contributed by atoms with Gasteiger partial charge in [-0.1, -0.05) is 75.4 Å². The van der Waals surface area contributed by atoms with Gasteiger partial charge < -0.3 is 19.7 Å². The van der Waals surface area contributed by atoms with Crippen molar-refractivity contribution in [3.63, 3.8) is 0 Å². The molecule has 2 unspecified atom stereocenters. The van der Waals surface area contributed by atoms with Gasteiger partial charge in [0, 0.05) is 12.8 Å². The van der Waals surface area contributed by atoms with Crippen molar-refractivity contribution < 1.29 is 19.7 Å². The fraction of sp³-hybridized carbons (Fsp3) is 0.400. The Morgan fingerprint density at radius 1 is 0.743 bits per heavy atom. The second-order valence-electron chi connectivity index (χ2n) is 9.11. The Morgan fingerprint density at radius 3 is 1.94 bits per heavy atom. The zero-order valence-electron chi connectivity index (χ0n) is 21.2. The molecule has 0 heterocycles. The number of fused-ring (bicyclic) bond motifs is 1. The van der Waals surface area contributed by atoms with E-state index in [4.69, 9.17) is 9.47 Å². The molecule has 3 aromatic carbocycles. The van der Waals surface area contributed by atoms with Gasteiger partial charge in [0.1, 0.15) is 21.3 Å². The highest BCUT2D eigenvalue weighted by Gasteiger charge is 2.24. The molecular weight excluding hydrogens is 452 g/mol. The molecule has 3 rings (SSSR count). The van der Waals surface area contributed by atoms with Crippen molar-refractivity contribution in [3.8, 4) is 23.0 Å². The summed E-state index contributed by atoms with van der Waals surface area (Å²) >= 11 is 0. The summed E-state index contributed by atoms with van der Waals surface area (Å²) < 4.78 is 11.7. The number of benzene rings is 3. The molecule has 35 heavy (non-hydrogen) atoms. The second kappa shape index (κ2) is 13.3. The Bertz CT molecular complexity index is 1120. The van der Waals surface area contributed by atoms with Crippen LogP contribution in [0.15, 0.2) is 66.7 Å². The third-order valence-electron chi connectivity index (χ3n) is 6.72. The summed E-state index contributed by atoms with van der Waals surface area (Å²) in [4.78, 5) is 0. The predicted molar refractivity (Wildman–Crippen MR) is 147 cm³/mol. The van der Waals surface area contributed by atoms with E-state index in [1.165, 1.54) is 5.39 Å². The van der Waals surface area contributed by atoms with Gasteiger partial charge in [0.15, 0.2) is 11.5 Å². The van der Waals surface area contributed by atoms with Crippen LogP contribution in [-0.2, 0) is 6.42 Å². The van der Waals surface area contributed by atoms with Gasteiger partial charge in [-0.25, -0.2) is 0 Å². The molecular formula is C30H38O4Si. The average molecular weight is 491 g/mol. The van der Waals surface area contributed by atoms with E-state index in [0.717, 1.165) is 29.1 Å². The summed E-state index contributed by atoms with van der Waals surface area (Å²) in [6, 6.07) is 25.2. The highest BCUT2D eigenvalue weighted by atomic mass is 28.3. The number of para-hydroxylation sites is 2. The molecule has 0 aliphatic rings. The SMILES string of the molecule is CC[Si](C#CCC(O)COc1ccccc1OCC(O)Cc1ccc2ccccc2c1)(CC)CC. The smallest absolute Gasteiger partial charge is 0.161 e. The Balaban J connectivity index is 1.51. The summed E-state index contributed by atoms with van der Waals surface area (Å²) in [5.74, 6) is 4.33. The van der Waals surface area contributed by atoms with Crippen LogP contribution in [-0.4, -0.2) is 43.7 Å². The molecule has 0 saturated carbocycles. The fourth-order valence-corrected chi connectivity index (χ4v) is 6.70. The molecule has 4 nitrogen and oxygen atoms in total. The number of hydrogen-bond acceptors (Lipinski definition) is 4. The van der Waals surface area contributed by atoms with Crippen LogP contribution in [0.25, 0.3) is 10.8 Å². The molecule has 0 radical (unpaired) electrons. The summed E-state index contributed by atoms with van der Waals surface area (Å²) in [5.41, 5.74) is 4.57. The molecule has 2 atom stereocenters. The van der Waals surface area contributed by atoms with E-state index < -0.39 is 20.3 Å². The van der Waals surface area contributed by atoms with Crippen LogP contribution in [0.1, 0.15) is 32.8 Å².